The van der Waals surface area contributed by atoms with E-state index < -0.39 is 0 Å². The zero-order chi connectivity index (χ0) is 25.5. The molecule has 2 heterocycles. The third kappa shape index (κ3) is 6.81. The van der Waals surface area contributed by atoms with Crippen molar-refractivity contribution in [3.05, 3.63) is 59.2 Å². The Balaban J connectivity index is 1.29. The number of nitrogens with zero attached hydrogens (tertiary/aromatic N) is 2. The summed E-state index contributed by atoms with van der Waals surface area (Å²) >= 11 is 0. The molecule has 8 heteroatoms. The van der Waals surface area contributed by atoms with Crippen LogP contribution in [0.2, 0.25) is 0 Å². The molecule has 0 spiro atoms. The summed E-state index contributed by atoms with van der Waals surface area (Å²) in [5, 5.41) is 9.18. The molecule has 0 unspecified atom stereocenters. The molecule has 37 heavy (non-hydrogen) atoms. The quantitative estimate of drug-likeness (QED) is 0.534. The molecule has 0 bridgehead atoms. The van der Waals surface area contributed by atoms with Crippen molar-refractivity contribution in [3.8, 4) is 0 Å². The fraction of sp³-hybridized carbons (Fsp3) is 0.517. The molecule has 2 aromatic rings. The Morgan fingerprint density at radius 1 is 0.946 bits per heavy atom. The summed E-state index contributed by atoms with van der Waals surface area (Å²) < 4.78 is 5.42. The molecule has 1 saturated carbocycles. The number of rotatable bonds is 7. The van der Waals surface area contributed by atoms with E-state index in [9.17, 15) is 9.59 Å². The molecule has 3 amide bonds. The summed E-state index contributed by atoms with van der Waals surface area (Å²) in [6, 6.07) is 14.2. The van der Waals surface area contributed by atoms with E-state index in [0.717, 1.165) is 83.7 Å². The zero-order valence-corrected chi connectivity index (χ0v) is 21.6. The number of hydrogen-bond acceptors (Lipinski definition) is 5. The molecule has 8 nitrogen and oxygen atoms in total. The maximum absolute atomic E-state index is 13.4. The van der Waals surface area contributed by atoms with E-state index >= 15 is 0 Å². The van der Waals surface area contributed by atoms with Gasteiger partial charge in [-0.25, -0.2) is 4.79 Å². The molecule has 1 aliphatic carbocycles. The largest absolute Gasteiger partial charge is 0.379 e. The number of anilines is 2. The van der Waals surface area contributed by atoms with Gasteiger partial charge in [-0.05, 0) is 48.6 Å². The van der Waals surface area contributed by atoms with Crippen molar-refractivity contribution in [2.45, 2.75) is 51.1 Å². The van der Waals surface area contributed by atoms with Crippen molar-refractivity contribution in [2.75, 3.05) is 56.2 Å². The lowest BCUT2D eigenvalue weighted by molar-refractivity contribution is 0.0383. The number of hydrogen-bond donors (Lipinski definition) is 3. The van der Waals surface area contributed by atoms with Gasteiger partial charge in [0.05, 0.1) is 18.8 Å². The maximum Gasteiger partial charge on any atom is 0.319 e. The lowest BCUT2D eigenvalue weighted by Gasteiger charge is -2.32. The minimum atomic E-state index is -0.203. The first kappa shape index (κ1) is 25.5. The monoisotopic (exact) mass is 505 g/mol. The van der Waals surface area contributed by atoms with Crippen molar-refractivity contribution in [1.82, 2.24) is 15.5 Å². The Kier molecular flexibility index (Phi) is 8.58. The fourth-order valence-corrected chi connectivity index (χ4v) is 5.62. The number of nitrogens with one attached hydrogen (secondary N) is 3. The first-order chi connectivity index (χ1) is 18.2. The molecule has 2 fully saturated rings. The van der Waals surface area contributed by atoms with E-state index in [1.165, 1.54) is 17.5 Å². The highest BCUT2D eigenvalue weighted by molar-refractivity contribution is 6.02. The lowest BCUT2D eigenvalue weighted by atomic mass is 9.96. The molecule has 198 valence electrons. The van der Waals surface area contributed by atoms with Crippen molar-refractivity contribution >= 4 is 23.3 Å². The summed E-state index contributed by atoms with van der Waals surface area (Å²) in [5.74, 6) is -0.113. The first-order valence-corrected chi connectivity index (χ1v) is 13.8. The SMILES string of the molecule is O=C(Nc1ccc(N2CCc3ccccc3C2)c(C(=O)NCCN2CCOCC2)c1)NC1CCCCC1. The molecule has 0 aromatic heterocycles. The van der Waals surface area contributed by atoms with Gasteiger partial charge in [0.25, 0.3) is 5.91 Å². The third-order valence-electron chi connectivity index (χ3n) is 7.73. The minimum Gasteiger partial charge on any atom is -0.379 e. The lowest BCUT2D eigenvalue weighted by Crippen LogP contribution is -2.41. The molecule has 2 aromatic carbocycles. The van der Waals surface area contributed by atoms with Gasteiger partial charge in [0, 0.05) is 56.7 Å². The second-order valence-electron chi connectivity index (χ2n) is 10.3. The first-order valence-electron chi connectivity index (χ1n) is 13.8. The van der Waals surface area contributed by atoms with E-state index in [-0.39, 0.29) is 18.0 Å². The van der Waals surface area contributed by atoms with Gasteiger partial charge in [0.2, 0.25) is 0 Å². The smallest absolute Gasteiger partial charge is 0.319 e. The number of carbonyl (C=O) groups excluding carboxylic acids is 2. The summed E-state index contributed by atoms with van der Waals surface area (Å²) in [6.07, 6.45) is 6.56. The predicted molar refractivity (Wildman–Crippen MR) is 146 cm³/mol. The van der Waals surface area contributed by atoms with Crippen molar-refractivity contribution in [1.29, 1.82) is 0 Å². The average molecular weight is 506 g/mol. The Morgan fingerprint density at radius 2 is 1.73 bits per heavy atom. The topological polar surface area (TPSA) is 85.9 Å². The molecule has 2 aliphatic heterocycles. The molecule has 5 rings (SSSR count). The molecular weight excluding hydrogens is 466 g/mol. The normalized spacial score (nSPS) is 18.6. The summed E-state index contributed by atoms with van der Waals surface area (Å²) in [6.45, 7) is 6.24. The van der Waals surface area contributed by atoms with Gasteiger partial charge in [0.1, 0.15) is 0 Å². The molecule has 1 saturated heterocycles. The summed E-state index contributed by atoms with van der Waals surface area (Å²) in [5.41, 5.74) is 4.79. The van der Waals surface area contributed by atoms with Crippen LogP contribution in [0.15, 0.2) is 42.5 Å². The summed E-state index contributed by atoms with van der Waals surface area (Å²) in [7, 11) is 0. The van der Waals surface area contributed by atoms with E-state index in [1.807, 2.05) is 18.2 Å². The zero-order valence-electron chi connectivity index (χ0n) is 21.6. The van der Waals surface area contributed by atoms with Gasteiger partial charge in [0.15, 0.2) is 0 Å². The second kappa shape index (κ2) is 12.4. The highest BCUT2D eigenvalue weighted by atomic mass is 16.5. The maximum atomic E-state index is 13.4. The third-order valence-corrected chi connectivity index (χ3v) is 7.73. The Hall–Kier alpha value is -3.10. The Morgan fingerprint density at radius 3 is 2.54 bits per heavy atom. The van der Waals surface area contributed by atoms with Gasteiger partial charge >= 0.3 is 6.03 Å². The average Bonchev–Trinajstić information content (AvgIpc) is 2.94. The highest BCUT2D eigenvalue weighted by Gasteiger charge is 2.23. The van der Waals surface area contributed by atoms with Crippen molar-refractivity contribution in [2.24, 2.45) is 0 Å². The van der Waals surface area contributed by atoms with Crippen molar-refractivity contribution in [3.63, 3.8) is 0 Å². The van der Waals surface area contributed by atoms with Crippen LogP contribution in [0.4, 0.5) is 16.2 Å². The van der Waals surface area contributed by atoms with Gasteiger partial charge in [-0.15, -0.1) is 0 Å². The number of amides is 3. The van der Waals surface area contributed by atoms with Crippen LogP contribution in [-0.4, -0.2) is 68.8 Å². The van der Waals surface area contributed by atoms with Crippen LogP contribution in [0, 0.1) is 0 Å². The van der Waals surface area contributed by atoms with Crippen LogP contribution < -0.4 is 20.9 Å². The molecule has 3 aliphatic rings. The number of fused-ring (bicyclic) bond motifs is 1. The van der Waals surface area contributed by atoms with Crippen LogP contribution >= 0.6 is 0 Å². The van der Waals surface area contributed by atoms with Crippen LogP contribution in [0.25, 0.3) is 0 Å². The fourth-order valence-electron chi connectivity index (χ4n) is 5.62. The molecule has 0 radical (unpaired) electrons. The minimum absolute atomic E-state index is 0.113. The van der Waals surface area contributed by atoms with E-state index in [1.54, 1.807) is 0 Å². The summed E-state index contributed by atoms with van der Waals surface area (Å²) in [4.78, 5) is 30.7. The van der Waals surface area contributed by atoms with Gasteiger partial charge in [-0.3, -0.25) is 9.69 Å². The van der Waals surface area contributed by atoms with Crippen LogP contribution in [0.3, 0.4) is 0 Å². The predicted octanol–water partition coefficient (Wildman–Crippen LogP) is 3.77. The molecule has 0 atom stereocenters. The van der Waals surface area contributed by atoms with Gasteiger partial charge in [-0.1, -0.05) is 43.5 Å². The molecule has 3 N–H and O–H groups in total. The van der Waals surface area contributed by atoms with E-state index in [0.29, 0.717) is 17.8 Å². The Bertz CT molecular complexity index is 1080. The number of urea groups is 1. The van der Waals surface area contributed by atoms with E-state index in [2.05, 4.69) is 50.0 Å². The number of carbonyl (C=O) groups is 2. The number of ether oxygens (including phenoxy) is 1. The molecular formula is C29H39N5O3. The number of morpholine rings is 1. The van der Waals surface area contributed by atoms with Crippen LogP contribution in [-0.2, 0) is 17.7 Å². The van der Waals surface area contributed by atoms with Gasteiger partial charge < -0.3 is 25.6 Å². The number of benzene rings is 2. The van der Waals surface area contributed by atoms with Crippen LogP contribution in [0.5, 0.6) is 0 Å². The highest BCUT2D eigenvalue weighted by Crippen LogP contribution is 2.30. The second-order valence-corrected chi connectivity index (χ2v) is 10.3. The van der Waals surface area contributed by atoms with Gasteiger partial charge in [-0.2, -0.15) is 0 Å². The van der Waals surface area contributed by atoms with E-state index in [4.69, 9.17) is 4.74 Å². The standard InChI is InChI=1S/C29H39N5O3/c35-28(30-13-15-33-16-18-37-19-17-33)26-20-25(32-29(36)31-24-8-2-1-3-9-24)10-11-27(26)34-14-12-22-6-4-5-7-23(22)21-34/h4-7,10-11,20,24H,1-3,8-9,12-19,21H2,(H,30,35)(H2,31,32,36). The Labute approximate surface area is 219 Å². The van der Waals surface area contributed by atoms with Crippen molar-refractivity contribution < 1.29 is 14.3 Å². The van der Waals surface area contributed by atoms with Crippen LogP contribution in [0.1, 0.15) is 53.6 Å².